The van der Waals surface area contributed by atoms with Gasteiger partial charge in [-0.1, -0.05) is 36.0 Å². The van der Waals surface area contributed by atoms with E-state index in [4.69, 9.17) is 0 Å². The normalized spacial score (nSPS) is 11.9. The number of hydrogen-bond acceptors (Lipinski definition) is 4. The number of sulfone groups is 1. The van der Waals surface area contributed by atoms with Crippen molar-refractivity contribution < 1.29 is 8.42 Å². The van der Waals surface area contributed by atoms with Crippen LogP contribution in [0.25, 0.3) is 11.0 Å². The molecule has 1 aromatic heterocycles. The Bertz CT molecular complexity index is 913. The predicted molar refractivity (Wildman–Crippen MR) is 89.8 cm³/mol. The number of fused-ring (bicyclic) bond motifs is 1. The fraction of sp³-hybridized carbons (Fsp3) is 0.188. The van der Waals surface area contributed by atoms with E-state index in [1.165, 1.54) is 6.26 Å². The fourth-order valence-corrected chi connectivity index (χ4v) is 3.81. The van der Waals surface area contributed by atoms with Gasteiger partial charge in [0.05, 0.1) is 15.9 Å². The van der Waals surface area contributed by atoms with Crippen LogP contribution in [0.5, 0.6) is 0 Å². The molecule has 3 rings (SSSR count). The molecular formula is C16H16N2O2S2. The average molecular weight is 332 g/mol. The molecule has 0 radical (unpaired) electrons. The summed E-state index contributed by atoms with van der Waals surface area (Å²) < 4.78 is 25.0. The smallest absolute Gasteiger partial charge is 0.175 e. The highest BCUT2D eigenvalue weighted by molar-refractivity contribution is 7.98. The molecule has 4 nitrogen and oxygen atoms in total. The molecule has 0 aliphatic rings. The lowest BCUT2D eigenvalue weighted by Gasteiger charge is -2.04. The largest absolute Gasteiger partial charge is 0.322 e. The Morgan fingerprint density at radius 2 is 1.77 bits per heavy atom. The molecule has 0 bridgehead atoms. The maximum Gasteiger partial charge on any atom is 0.175 e. The summed E-state index contributed by atoms with van der Waals surface area (Å²) in [5.74, 6) is 0.751. The van der Waals surface area contributed by atoms with Gasteiger partial charge in [-0.2, -0.15) is 0 Å². The van der Waals surface area contributed by atoms with Crippen molar-refractivity contribution in [3.63, 3.8) is 0 Å². The van der Waals surface area contributed by atoms with Crippen LogP contribution in [0.4, 0.5) is 0 Å². The number of thioether (sulfide) groups is 1. The van der Waals surface area contributed by atoms with Crippen molar-refractivity contribution >= 4 is 32.6 Å². The third-order valence-corrected chi connectivity index (χ3v) is 5.70. The third kappa shape index (κ3) is 3.03. The van der Waals surface area contributed by atoms with Gasteiger partial charge in [0.2, 0.25) is 0 Å². The fourth-order valence-electron chi connectivity index (χ4n) is 2.23. The van der Waals surface area contributed by atoms with Gasteiger partial charge in [0.15, 0.2) is 15.0 Å². The van der Waals surface area contributed by atoms with Gasteiger partial charge in [-0.15, -0.1) is 0 Å². The van der Waals surface area contributed by atoms with Gasteiger partial charge in [-0.25, -0.2) is 13.4 Å². The lowest BCUT2D eigenvalue weighted by molar-refractivity contribution is 0.602. The summed E-state index contributed by atoms with van der Waals surface area (Å²) in [5.41, 5.74) is 3.17. The number of aromatic nitrogens is 2. The topological polar surface area (TPSA) is 52.0 Å². The molecule has 0 saturated carbocycles. The number of benzene rings is 2. The first kappa shape index (κ1) is 15.1. The zero-order valence-corrected chi connectivity index (χ0v) is 14.0. The summed E-state index contributed by atoms with van der Waals surface area (Å²) in [6, 6.07) is 15.0. The van der Waals surface area contributed by atoms with E-state index in [9.17, 15) is 8.42 Å². The molecule has 114 valence electrons. The first-order valence-corrected chi connectivity index (χ1v) is 9.66. The molecule has 2 aromatic carbocycles. The van der Waals surface area contributed by atoms with Gasteiger partial charge < -0.3 is 4.57 Å². The zero-order chi connectivity index (χ0) is 15.7. The maximum atomic E-state index is 11.4. The van der Waals surface area contributed by atoms with Crippen LogP contribution in [0, 0.1) is 0 Å². The Morgan fingerprint density at radius 3 is 2.41 bits per heavy atom. The molecule has 0 fully saturated rings. The number of nitrogens with zero attached hydrogens (tertiary/aromatic N) is 2. The number of rotatable bonds is 4. The number of para-hydroxylation sites is 2. The van der Waals surface area contributed by atoms with Gasteiger partial charge in [-0.3, -0.25) is 0 Å². The summed E-state index contributed by atoms with van der Waals surface area (Å²) in [6.07, 6.45) is 1.22. The van der Waals surface area contributed by atoms with E-state index in [0.29, 0.717) is 4.90 Å². The van der Waals surface area contributed by atoms with Crippen molar-refractivity contribution in [2.45, 2.75) is 15.8 Å². The Balaban J connectivity index is 1.78. The van der Waals surface area contributed by atoms with Gasteiger partial charge >= 0.3 is 0 Å². The Morgan fingerprint density at radius 1 is 1.09 bits per heavy atom. The summed E-state index contributed by atoms with van der Waals surface area (Å²) in [5, 5.41) is 0.952. The highest BCUT2D eigenvalue weighted by Gasteiger charge is 2.09. The summed E-state index contributed by atoms with van der Waals surface area (Å²) in [7, 11) is -1.13. The van der Waals surface area contributed by atoms with Crippen LogP contribution in [0.2, 0.25) is 0 Å². The highest BCUT2D eigenvalue weighted by atomic mass is 32.2. The Labute approximate surface area is 134 Å². The van der Waals surface area contributed by atoms with Crippen LogP contribution < -0.4 is 0 Å². The molecule has 0 unspecified atom stereocenters. The second-order valence-electron chi connectivity index (χ2n) is 5.15. The average Bonchev–Trinajstić information content (AvgIpc) is 2.82. The van der Waals surface area contributed by atoms with Gasteiger partial charge in [0.25, 0.3) is 0 Å². The van der Waals surface area contributed by atoms with Crippen molar-refractivity contribution in [2.24, 2.45) is 7.05 Å². The molecule has 1 heterocycles. The highest BCUT2D eigenvalue weighted by Crippen LogP contribution is 2.26. The quantitative estimate of drug-likeness (QED) is 0.688. The first-order chi connectivity index (χ1) is 10.4. The SMILES string of the molecule is Cn1c(SCc2ccc(S(C)(=O)=O)cc2)nc2ccccc21. The van der Waals surface area contributed by atoms with E-state index in [2.05, 4.69) is 9.55 Å². The van der Waals surface area contributed by atoms with Gasteiger partial charge in [-0.05, 0) is 29.8 Å². The van der Waals surface area contributed by atoms with Crippen molar-refractivity contribution in [3.8, 4) is 0 Å². The minimum atomic E-state index is -3.13. The van der Waals surface area contributed by atoms with Crippen molar-refractivity contribution in [1.82, 2.24) is 9.55 Å². The molecule has 3 aromatic rings. The van der Waals surface area contributed by atoms with E-state index in [0.717, 1.165) is 27.5 Å². The maximum absolute atomic E-state index is 11.4. The van der Waals surface area contributed by atoms with Crippen molar-refractivity contribution in [3.05, 3.63) is 54.1 Å². The van der Waals surface area contributed by atoms with Gasteiger partial charge in [0.1, 0.15) is 0 Å². The Kier molecular flexibility index (Phi) is 3.97. The van der Waals surface area contributed by atoms with E-state index in [1.807, 2.05) is 43.4 Å². The number of imidazole rings is 1. The Hall–Kier alpha value is -1.79. The lowest BCUT2D eigenvalue weighted by atomic mass is 10.2. The molecule has 0 amide bonds. The van der Waals surface area contributed by atoms with Crippen LogP contribution >= 0.6 is 11.8 Å². The molecule has 0 aliphatic carbocycles. The minimum absolute atomic E-state index is 0.351. The summed E-state index contributed by atoms with van der Waals surface area (Å²) in [4.78, 5) is 4.97. The third-order valence-electron chi connectivity index (χ3n) is 3.47. The van der Waals surface area contributed by atoms with Crippen LogP contribution in [0.1, 0.15) is 5.56 Å². The van der Waals surface area contributed by atoms with Gasteiger partial charge in [0, 0.05) is 19.1 Å². The molecule has 0 aliphatic heterocycles. The molecule has 0 N–H and O–H groups in total. The van der Waals surface area contributed by atoms with E-state index in [1.54, 1.807) is 23.9 Å². The van der Waals surface area contributed by atoms with Crippen LogP contribution in [-0.4, -0.2) is 24.2 Å². The minimum Gasteiger partial charge on any atom is -0.322 e. The van der Waals surface area contributed by atoms with E-state index < -0.39 is 9.84 Å². The molecule has 6 heteroatoms. The second kappa shape index (κ2) is 5.78. The summed E-state index contributed by atoms with van der Waals surface area (Å²) in [6.45, 7) is 0. The van der Waals surface area contributed by atoms with Crippen LogP contribution in [0.15, 0.2) is 58.6 Å². The second-order valence-corrected chi connectivity index (χ2v) is 8.11. The predicted octanol–water partition coefficient (Wildman–Crippen LogP) is 3.27. The van der Waals surface area contributed by atoms with Crippen molar-refractivity contribution in [2.75, 3.05) is 6.26 Å². The van der Waals surface area contributed by atoms with Crippen molar-refractivity contribution in [1.29, 1.82) is 0 Å². The number of hydrogen-bond donors (Lipinski definition) is 0. The van der Waals surface area contributed by atoms with E-state index in [-0.39, 0.29) is 0 Å². The standard InChI is InChI=1S/C16H16N2O2S2/c1-18-15-6-4-3-5-14(15)17-16(18)21-11-12-7-9-13(10-8-12)22(2,19)20/h3-10H,11H2,1-2H3. The number of aryl methyl sites for hydroxylation is 1. The molecule has 0 spiro atoms. The first-order valence-electron chi connectivity index (χ1n) is 6.78. The molecule has 22 heavy (non-hydrogen) atoms. The van der Waals surface area contributed by atoms with E-state index >= 15 is 0 Å². The zero-order valence-electron chi connectivity index (χ0n) is 12.4. The molecule has 0 atom stereocenters. The summed E-state index contributed by atoms with van der Waals surface area (Å²) >= 11 is 1.64. The molecular weight excluding hydrogens is 316 g/mol. The lowest BCUT2D eigenvalue weighted by Crippen LogP contribution is -1.97. The van der Waals surface area contributed by atoms with Crippen LogP contribution in [0.3, 0.4) is 0 Å². The van der Waals surface area contributed by atoms with Crippen LogP contribution in [-0.2, 0) is 22.6 Å². The molecule has 0 saturated heterocycles. The monoisotopic (exact) mass is 332 g/mol.